The summed E-state index contributed by atoms with van der Waals surface area (Å²) in [6.07, 6.45) is 0. The Morgan fingerprint density at radius 1 is 0.317 bits per heavy atom. The molecule has 1 heteroatoms. The maximum Gasteiger partial charge on any atom is 0.0540 e. The Morgan fingerprint density at radius 2 is 0.905 bits per heavy atom. The van der Waals surface area contributed by atoms with Crippen molar-refractivity contribution in [1.29, 1.82) is 0 Å². The van der Waals surface area contributed by atoms with Crippen LogP contribution >= 0.6 is 0 Å². The van der Waals surface area contributed by atoms with Crippen molar-refractivity contribution in [1.82, 2.24) is 0 Å². The predicted molar refractivity (Wildman–Crippen MR) is 267 cm³/mol. The Kier molecular flexibility index (Phi) is 8.69. The second-order valence-electron chi connectivity index (χ2n) is 16.9. The molecule has 0 heterocycles. The van der Waals surface area contributed by atoms with Gasteiger partial charge >= 0.3 is 0 Å². The zero-order valence-corrected chi connectivity index (χ0v) is 35.0. The van der Waals surface area contributed by atoms with Gasteiger partial charge in [0.25, 0.3) is 0 Å². The fourth-order valence-electron chi connectivity index (χ4n) is 10.6. The Balaban J connectivity index is 1.11. The summed E-state index contributed by atoms with van der Waals surface area (Å²) in [5.74, 6) is 0. The molecule has 1 aliphatic carbocycles. The van der Waals surface area contributed by atoms with Crippen LogP contribution in [0.1, 0.15) is 23.6 Å². The molecule has 0 fully saturated rings. The van der Waals surface area contributed by atoms with Crippen LogP contribution in [-0.2, 0) is 5.41 Å². The van der Waals surface area contributed by atoms with Crippen molar-refractivity contribution in [3.8, 4) is 44.5 Å². The van der Waals surface area contributed by atoms with Gasteiger partial charge in [0.2, 0.25) is 0 Å². The van der Waals surface area contributed by atoms with Crippen LogP contribution in [-0.4, -0.2) is 0 Å². The Labute approximate surface area is 368 Å². The lowest BCUT2D eigenvalue weighted by molar-refractivity contribution is 0.714. The van der Waals surface area contributed by atoms with E-state index in [1.54, 1.807) is 0 Å². The van der Waals surface area contributed by atoms with E-state index in [1.165, 1.54) is 93.5 Å². The van der Waals surface area contributed by atoms with Crippen LogP contribution in [0, 0.1) is 0 Å². The minimum Gasteiger partial charge on any atom is -0.310 e. The summed E-state index contributed by atoms with van der Waals surface area (Å²) < 4.78 is 0. The number of anilines is 3. The van der Waals surface area contributed by atoms with Gasteiger partial charge in [0, 0.05) is 22.4 Å². The molecule has 0 aromatic heterocycles. The lowest BCUT2D eigenvalue weighted by Gasteiger charge is -2.32. The maximum absolute atomic E-state index is 2.50. The van der Waals surface area contributed by atoms with Crippen molar-refractivity contribution in [2.45, 2.75) is 12.3 Å². The maximum atomic E-state index is 2.50. The normalized spacial score (nSPS) is 14.2. The SMILES string of the molecule is CC1(c2ccccc2)c2ccccc2-c2ccc(N(c3cccc(-c4cccc5c4ccc4ccccc45)c3)c3ccccc3-c3cccc4cccc(-c5ccccc5)c34)cc21. The molecule has 1 nitrogen and oxygen atoms in total. The first-order chi connectivity index (χ1) is 31.1. The van der Waals surface area contributed by atoms with Gasteiger partial charge in [0.1, 0.15) is 0 Å². The van der Waals surface area contributed by atoms with Crippen LogP contribution in [0.3, 0.4) is 0 Å². The number of fused-ring (bicyclic) bond motifs is 7. The minimum atomic E-state index is -0.345. The van der Waals surface area contributed by atoms with Gasteiger partial charge in [-0.1, -0.05) is 212 Å². The van der Waals surface area contributed by atoms with Crippen LogP contribution in [0.5, 0.6) is 0 Å². The molecule has 11 aromatic carbocycles. The van der Waals surface area contributed by atoms with E-state index >= 15 is 0 Å². The second-order valence-corrected chi connectivity index (χ2v) is 16.9. The van der Waals surface area contributed by atoms with E-state index in [0.717, 1.165) is 17.1 Å². The molecule has 1 atom stereocenters. The number of nitrogens with zero attached hydrogens (tertiary/aromatic N) is 1. The summed E-state index contributed by atoms with van der Waals surface area (Å²) in [7, 11) is 0. The van der Waals surface area contributed by atoms with Gasteiger partial charge in [-0.15, -0.1) is 0 Å². The molecule has 0 bridgehead atoms. The van der Waals surface area contributed by atoms with Gasteiger partial charge < -0.3 is 4.90 Å². The van der Waals surface area contributed by atoms with E-state index in [1.807, 2.05) is 0 Å². The summed E-state index contributed by atoms with van der Waals surface area (Å²) >= 11 is 0. The first-order valence-corrected chi connectivity index (χ1v) is 21.9. The van der Waals surface area contributed by atoms with Crippen molar-refractivity contribution in [2.24, 2.45) is 0 Å². The molecule has 12 rings (SSSR count). The third-order valence-electron chi connectivity index (χ3n) is 13.5. The molecule has 0 radical (unpaired) electrons. The van der Waals surface area contributed by atoms with E-state index < -0.39 is 0 Å². The molecule has 0 amide bonds. The molecule has 1 aliphatic rings. The number of rotatable bonds is 7. The van der Waals surface area contributed by atoms with E-state index in [-0.39, 0.29) is 5.41 Å². The average molecular weight is 802 g/mol. The summed E-state index contributed by atoms with van der Waals surface area (Å²) in [4.78, 5) is 2.50. The minimum absolute atomic E-state index is 0.345. The Bertz CT molecular complexity index is 3530. The van der Waals surface area contributed by atoms with Crippen molar-refractivity contribution in [3.05, 3.63) is 259 Å². The second kappa shape index (κ2) is 14.9. The van der Waals surface area contributed by atoms with Crippen LogP contribution in [0.2, 0.25) is 0 Å². The van der Waals surface area contributed by atoms with Crippen molar-refractivity contribution in [3.63, 3.8) is 0 Å². The quantitative estimate of drug-likeness (QED) is 0.145. The number of hydrogen-bond acceptors (Lipinski definition) is 1. The van der Waals surface area contributed by atoms with E-state index in [0.29, 0.717) is 0 Å². The zero-order chi connectivity index (χ0) is 41.9. The number of para-hydroxylation sites is 1. The monoisotopic (exact) mass is 801 g/mol. The van der Waals surface area contributed by atoms with E-state index in [2.05, 4.69) is 254 Å². The highest BCUT2D eigenvalue weighted by Gasteiger charge is 2.41. The molecule has 0 saturated heterocycles. The van der Waals surface area contributed by atoms with Crippen LogP contribution in [0.25, 0.3) is 76.8 Å². The molecular weight excluding hydrogens is 759 g/mol. The van der Waals surface area contributed by atoms with Crippen LogP contribution in [0.4, 0.5) is 17.1 Å². The van der Waals surface area contributed by atoms with Crippen LogP contribution < -0.4 is 4.90 Å². The fraction of sp³-hybridized carbons (Fsp3) is 0.0323. The number of benzene rings is 11. The average Bonchev–Trinajstić information content (AvgIpc) is 3.62. The summed E-state index contributed by atoms with van der Waals surface area (Å²) in [6.45, 7) is 2.40. The molecule has 0 spiro atoms. The third kappa shape index (κ3) is 5.92. The molecule has 11 aromatic rings. The summed E-state index contributed by atoms with van der Waals surface area (Å²) in [5.41, 5.74) is 16.7. The highest BCUT2D eigenvalue weighted by molar-refractivity contribution is 6.12. The van der Waals surface area contributed by atoms with Crippen LogP contribution in [0.15, 0.2) is 243 Å². The lowest BCUT2D eigenvalue weighted by Crippen LogP contribution is -2.22. The highest BCUT2D eigenvalue weighted by atomic mass is 15.1. The van der Waals surface area contributed by atoms with Gasteiger partial charge in [-0.2, -0.15) is 0 Å². The summed E-state index contributed by atoms with van der Waals surface area (Å²) in [6, 6.07) is 89.5. The molecule has 1 unspecified atom stereocenters. The van der Waals surface area contributed by atoms with E-state index in [9.17, 15) is 0 Å². The standard InChI is InChI=1S/C62H43N/c1-62(46-24-6-3-7-25-46)58-34-12-10-28-54(58)55-39-37-48(41-59(55)62)63(47-26-14-23-45(40-47)50-30-17-32-52-49-27-9-8-20-43(49)36-38-53(50)52)60-35-13-11-29-56(60)57-33-16-22-44-21-15-31-51(61(44)57)42-18-4-2-5-19-42/h2-41H,1H3. The molecule has 296 valence electrons. The largest absolute Gasteiger partial charge is 0.310 e. The highest BCUT2D eigenvalue weighted by Crippen LogP contribution is 2.54. The lowest BCUT2D eigenvalue weighted by atomic mass is 9.74. The zero-order valence-electron chi connectivity index (χ0n) is 35.0. The first-order valence-electron chi connectivity index (χ1n) is 21.9. The first kappa shape index (κ1) is 36.8. The topological polar surface area (TPSA) is 3.24 Å². The van der Waals surface area contributed by atoms with Gasteiger partial charge in [0.15, 0.2) is 0 Å². The summed E-state index contributed by atoms with van der Waals surface area (Å²) in [5, 5.41) is 7.50. The third-order valence-corrected chi connectivity index (χ3v) is 13.5. The smallest absolute Gasteiger partial charge is 0.0540 e. The molecule has 63 heavy (non-hydrogen) atoms. The molecule has 0 N–H and O–H groups in total. The Hall–Kier alpha value is -8.00. The molecule has 0 saturated carbocycles. The molecule has 0 aliphatic heterocycles. The van der Waals surface area contributed by atoms with Gasteiger partial charge in [-0.3, -0.25) is 0 Å². The van der Waals surface area contributed by atoms with Crippen molar-refractivity contribution < 1.29 is 0 Å². The van der Waals surface area contributed by atoms with Gasteiger partial charge in [-0.05, 0) is 125 Å². The van der Waals surface area contributed by atoms with E-state index in [4.69, 9.17) is 0 Å². The fourth-order valence-corrected chi connectivity index (χ4v) is 10.6. The molecular formula is C62H43N. The van der Waals surface area contributed by atoms with Gasteiger partial charge in [-0.25, -0.2) is 0 Å². The van der Waals surface area contributed by atoms with Gasteiger partial charge in [0.05, 0.1) is 5.69 Å². The Morgan fingerprint density at radius 3 is 1.76 bits per heavy atom. The number of hydrogen-bond donors (Lipinski definition) is 0. The van der Waals surface area contributed by atoms with Crippen molar-refractivity contribution in [2.75, 3.05) is 4.90 Å². The predicted octanol–water partition coefficient (Wildman–Crippen LogP) is 17.0. The van der Waals surface area contributed by atoms with Crippen molar-refractivity contribution >= 4 is 49.4 Å².